The van der Waals surface area contributed by atoms with Crippen LogP contribution in [0.1, 0.15) is 31.3 Å². The molecule has 86 valence electrons. The van der Waals surface area contributed by atoms with Gasteiger partial charge in [0.15, 0.2) is 5.78 Å². The molecule has 1 aromatic heterocycles. The second-order valence-corrected chi connectivity index (χ2v) is 3.67. The third-order valence-electron chi connectivity index (χ3n) is 2.38. The van der Waals surface area contributed by atoms with Crippen LogP contribution < -0.4 is 0 Å². The molecule has 2 aromatic rings. The summed E-state index contributed by atoms with van der Waals surface area (Å²) in [5.74, 6) is -0.00583. The number of hydrogen-bond acceptors (Lipinski definition) is 1. The molecule has 2 nitrogen and oxygen atoms in total. The van der Waals surface area contributed by atoms with Crippen molar-refractivity contribution in [1.29, 1.82) is 0 Å². The smallest absolute Gasteiger partial charge is 0.177 e. The molecule has 1 aromatic carbocycles. The number of aromatic nitrogens is 1. The van der Waals surface area contributed by atoms with Gasteiger partial charge < -0.3 is 4.57 Å². The van der Waals surface area contributed by atoms with Crippen molar-refractivity contribution >= 4 is 28.3 Å². The topological polar surface area (TPSA) is 22.0 Å². The van der Waals surface area contributed by atoms with Crippen molar-refractivity contribution in [2.75, 3.05) is 0 Å². The first-order valence-corrected chi connectivity index (χ1v) is 5.74. The van der Waals surface area contributed by atoms with E-state index in [0.29, 0.717) is 10.7 Å². The van der Waals surface area contributed by atoms with Crippen molar-refractivity contribution in [2.24, 2.45) is 7.05 Å². The monoisotopic (exact) mass is 237 g/mol. The lowest BCUT2D eigenvalue weighted by atomic mass is 10.2. The first-order chi connectivity index (χ1) is 7.63. The van der Waals surface area contributed by atoms with Crippen molar-refractivity contribution < 1.29 is 4.79 Å². The van der Waals surface area contributed by atoms with Gasteiger partial charge in [0.25, 0.3) is 0 Å². The molecule has 0 N–H and O–H groups in total. The van der Waals surface area contributed by atoms with E-state index in [9.17, 15) is 4.79 Å². The molecule has 1 heterocycles. The van der Waals surface area contributed by atoms with E-state index >= 15 is 0 Å². The predicted octanol–water partition coefficient (Wildman–Crippen LogP) is 4.06. The average molecular weight is 238 g/mol. The lowest BCUT2D eigenvalue weighted by Gasteiger charge is -1.99. The number of carbonyl (C=O) groups is 1. The maximum atomic E-state index is 11.4. The van der Waals surface area contributed by atoms with Crippen LogP contribution in [0, 0.1) is 0 Å². The minimum atomic E-state index is -0.00583. The second kappa shape index (κ2) is 5.17. The van der Waals surface area contributed by atoms with Gasteiger partial charge in [0.1, 0.15) is 5.69 Å². The standard InChI is InChI=1S/C11H10ClNO.C2H6/c1-7(14)11-10(12)8-5-3-4-6-9(8)13(11)2;1-2/h3-6H,1-2H3;1-2H3. The molecule has 0 aliphatic rings. The Labute approximate surface area is 101 Å². The molecule has 0 spiro atoms. The Hall–Kier alpha value is -1.28. The van der Waals surface area contributed by atoms with E-state index in [1.807, 2.05) is 49.7 Å². The van der Waals surface area contributed by atoms with Gasteiger partial charge in [-0.2, -0.15) is 0 Å². The van der Waals surface area contributed by atoms with E-state index in [-0.39, 0.29) is 5.78 Å². The number of hydrogen-bond donors (Lipinski definition) is 0. The molecule has 0 aliphatic carbocycles. The Morgan fingerprint density at radius 2 is 1.81 bits per heavy atom. The highest BCUT2D eigenvalue weighted by Crippen LogP contribution is 2.29. The number of carbonyl (C=O) groups excluding carboxylic acids is 1. The number of nitrogens with zero attached hydrogens (tertiary/aromatic N) is 1. The summed E-state index contributed by atoms with van der Waals surface area (Å²) in [6.45, 7) is 5.53. The number of ketones is 1. The first kappa shape index (κ1) is 12.8. The van der Waals surface area contributed by atoms with Crippen LogP contribution in [-0.4, -0.2) is 10.4 Å². The van der Waals surface area contributed by atoms with Crippen molar-refractivity contribution in [3.8, 4) is 0 Å². The molecule has 0 saturated heterocycles. The molecule has 0 unspecified atom stereocenters. The molecule has 3 heteroatoms. The van der Waals surface area contributed by atoms with Gasteiger partial charge in [0.05, 0.1) is 5.02 Å². The Morgan fingerprint density at radius 1 is 1.25 bits per heavy atom. The molecule has 0 amide bonds. The van der Waals surface area contributed by atoms with Gasteiger partial charge >= 0.3 is 0 Å². The summed E-state index contributed by atoms with van der Waals surface area (Å²) in [4.78, 5) is 11.4. The number of halogens is 1. The van der Waals surface area contributed by atoms with Crippen LogP contribution >= 0.6 is 11.6 Å². The average Bonchev–Trinajstić information content (AvgIpc) is 2.55. The Bertz CT molecular complexity index is 475. The van der Waals surface area contributed by atoms with Gasteiger partial charge in [-0.1, -0.05) is 43.6 Å². The molecular weight excluding hydrogens is 222 g/mol. The molecule has 2 rings (SSSR count). The second-order valence-electron chi connectivity index (χ2n) is 3.29. The van der Waals surface area contributed by atoms with E-state index in [1.165, 1.54) is 6.92 Å². The van der Waals surface area contributed by atoms with E-state index in [4.69, 9.17) is 11.6 Å². The van der Waals surface area contributed by atoms with E-state index in [1.54, 1.807) is 0 Å². The minimum Gasteiger partial charge on any atom is -0.340 e. The van der Waals surface area contributed by atoms with Crippen molar-refractivity contribution in [3.05, 3.63) is 35.0 Å². The molecule has 16 heavy (non-hydrogen) atoms. The zero-order chi connectivity index (χ0) is 12.3. The van der Waals surface area contributed by atoms with Crippen molar-refractivity contribution in [2.45, 2.75) is 20.8 Å². The fourth-order valence-corrected chi connectivity index (χ4v) is 2.16. The summed E-state index contributed by atoms with van der Waals surface area (Å²) in [6, 6.07) is 7.72. The van der Waals surface area contributed by atoms with Crippen LogP contribution in [0.2, 0.25) is 5.02 Å². The largest absolute Gasteiger partial charge is 0.340 e. The quantitative estimate of drug-likeness (QED) is 0.686. The molecule has 0 radical (unpaired) electrons. The lowest BCUT2D eigenvalue weighted by Crippen LogP contribution is -2.01. The van der Waals surface area contributed by atoms with E-state index in [0.717, 1.165) is 10.9 Å². The molecule has 0 atom stereocenters. The Kier molecular flexibility index (Phi) is 4.13. The van der Waals surface area contributed by atoms with Crippen LogP contribution in [0.4, 0.5) is 0 Å². The fraction of sp³-hybridized carbons (Fsp3) is 0.308. The summed E-state index contributed by atoms with van der Waals surface area (Å²) >= 11 is 6.12. The van der Waals surface area contributed by atoms with Crippen LogP contribution in [0.25, 0.3) is 10.9 Å². The summed E-state index contributed by atoms with van der Waals surface area (Å²) in [7, 11) is 1.85. The highest BCUT2D eigenvalue weighted by Gasteiger charge is 2.15. The van der Waals surface area contributed by atoms with E-state index in [2.05, 4.69) is 0 Å². The van der Waals surface area contributed by atoms with E-state index < -0.39 is 0 Å². The SMILES string of the molecule is CC.CC(=O)c1c(Cl)c2ccccc2n1C. The van der Waals surface area contributed by atoms with Gasteiger partial charge in [0, 0.05) is 24.9 Å². The van der Waals surface area contributed by atoms with Crippen LogP contribution in [0.3, 0.4) is 0 Å². The maximum absolute atomic E-state index is 11.4. The number of Topliss-reactive ketones (excluding diaryl/α,β-unsaturated/α-hetero) is 1. The third-order valence-corrected chi connectivity index (χ3v) is 2.76. The number of para-hydroxylation sites is 1. The molecule has 0 saturated carbocycles. The van der Waals surface area contributed by atoms with Gasteiger partial charge in [-0.05, 0) is 6.07 Å². The zero-order valence-electron chi connectivity index (χ0n) is 10.0. The predicted molar refractivity (Wildman–Crippen MR) is 69.3 cm³/mol. The molecule has 0 fully saturated rings. The molecule has 0 aliphatic heterocycles. The fourth-order valence-electron chi connectivity index (χ4n) is 1.74. The summed E-state index contributed by atoms with van der Waals surface area (Å²) in [5, 5.41) is 1.48. The van der Waals surface area contributed by atoms with Crippen LogP contribution in [0.5, 0.6) is 0 Å². The highest BCUT2D eigenvalue weighted by molar-refractivity contribution is 6.38. The Morgan fingerprint density at radius 3 is 2.31 bits per heavy atom. The van der Waals surface area contributed by atoms with Crippen molar-refractivity contribution in [3.63, 3.8) is 0 Å². The van der Waals surface area contributed by atoms with Crippen LogP contribution in [0.15, 0.2) is 24.3 Å². The summed E-state index contributed by atoms with van der Waals surface area (Å²) in [5.41, 5.74) is 1.57. The normalized spacial score (nSPS) is 9.81. The minimum absolute atomic E-state index is 0.00583. The van der Waals surface area contributed by atoms with Gasteiger partial charge in [-0.15, -0.1) is 0 Å². The zero-order valence-corrected chi connectivity index (χ0v) is 10.8. The number of aryl methyl sites for hydroxylation is 1. The highest BCUT2D eigenvalue weighted by atomic mass is 35.5. The summed E-state index contributed by atoms with van der Waals surface area (Å²) < 4.78 is 1.83. The maximum Gasteiger partial charge on any atom is 0.177 e. The first-order valence-electron chi connectivity index (χ1n) is 5.36. The molecular formula is C13H16ClNO. The molecule has 0 bridgehead atoms. The summed E-state index contributed by atoms with van der Waals surface area (Å²) in [6.07, 6.45) is 0. The Balaban J connectivity index is 0.000000606. The number of rotatable bonds is 1. The van der Waals surface area contributed by atoms with Crippen molar-refractivity contribution in [1.82, 2.24) is 4.57 Å². The number of fused-ring (bicyclic) bond motifs is 1. The van der Waals surface area contributed by atoms with Gasteiger partial charge in [-0.3, -0.25) is 4.79 Å². The van der Waals surface area contributed by atoms with Gasteiger partial charge in [-0.25, -0.2) is 0 Å². The number of benzene rings is 1. The third kappa shape index (κ3) is 1.98. The van der Waals surface area contributed by atoms with Crippen LogP contribution in [-0.2, 0) is 7.05 Å². The lowest BCUT2D eigenvalue weighted by molar-refractivity contribution is 0.101. The van der Waals surface area contributed by atoms with Gasteiger partial charge in [0.2, 0.25) is 0 Å².